The van der Waals surface area contributed by atoms with Gasteiger partial charge in [-0.05, 0) is 18.2 Å². The molecule has 0 saturated heterocycles. The number of nitrogens with zero attached hydrogens (tertiary/aromatic N) is 1. The second-order valence-corrected chi connectivity index (χ2v) is 4.68. The Bertz CT molecular complexity index is 706. The topological polar surface area (TPSA) is 68.6 Å². The Morgan fingerprint density at radius 3 is 2.52 bits per heavy atom. The van der Waals surface area contributed by atoms with Crippen molar-refractivity contribution in [2.75, 3.05) is 13.7 Å². The molecule has 5 nitrogen and oxygen atoms in total. The fourth-order valence-corrected chi connectivity index (χ4v) is 1.97. The Kier molecular flexibility index (Phi) is 6.01. The van der Waals surface area contributed by atoms with Crippen molar-refractivity contribution in [2.45, 2.75) is 13.0 Å². The highest BCUT2D eigenvalue weighted by molar-refractivity contribution is 5.69. The highest BCUT2D eigenvalue weighted by Crippen LogP contribution is 2.25. The molecule has 0 atom stereocenters. The van der Waals surface area contributed by atoms with Crippen molar-refractivity contribution in [3.63, 3.8) is 0 Å². The number of benzene rings is 2. The number of methoxy groups -OCH3 is 1. The van der Waals surface area contributed by atoms with Crippen molar-refractivity contribution >= 4 is 5.97 Å². The lowest BCUT2D eigenvalue weighted by atomic mass is 10.1. The Labute approximate surface area is 135 Å². The third-order valence-electron chi connectivity index (χ3n) is 3.16. The summed E-state index contributed by atoms with van der Waals surface area (Å²) < 4.78 is 15.8. The molecule has 0 N–H and O–H groups in total. The van der Waals surface area contributed by atoms with Gasteiger partial charge in [0.2, 0.25) is 0 Å². The first-order chi connectivity index (χ1) is 11.2. The Morgan fingerprint density at radius 2 is 1.78 bits per heavy atom. The van der Waals surface area contributed by atoms with Gasteiger partial charge in [0.15, 0.2) is 11.5 Å². The summed E-state index contributed by atoms with van der Waals surface area (Å²) in [5.41, 5.74) is 1.19. The monoisotopic (exact) mass is 311 g/mol. The van der Waals surface area contributed by atoms with Gasteiger partial charge in [0.1, 0.15) is 6.61 Å². The summed E-state index contributed by atoms with van der Waals surface area (Å²) in [5, 5.41) is 8.98. The average molecular weight is 311 g/mol. The molecule has 0 aromatic heterocycles. The van der Waals surface area contributed by atoms with Crippen LogP contribution in [0.15, 0.2) is 48.5 Å². The average Bonchev–Trinajstić information content (AvgIpc) is 2.60. The van der Waals surface area contributed by atoms with E-state index in [1.807, 2.05) is 12.1 Å². The number of ether oxygens (including phenoxy) is 3. The Hall–Kier alpha value is -3.00. The zero-order chi connectivity index (χ0) is 16.5. The molecule has 0 heterocycles. The molecule has 2 rings (SSSR count). The van der Waals surface area contributed by atoms with E-state index < -0.39 is 0 Å². The maximum Gasteiger partial charge on any atom is 0.309 e. The molecule has 0 radical (unpaired) electrons. The summed E-state index contributed by atoms with van der Waals surface area (Å²) in [4.78, 5) is 11.7. The molecule has 23 heavy (non-hydrogen) atoms. The molecule has 0 aliphatic rings. The van der Waals surface area contributed by atoms with Crippen molar-refractivity contribution in [1.29, 1.82) is 5.26 Å². The standard InChI is InChI=1S/C18H17NO4/c1-21-16-8-4-5-9-17(16)22-11-10-18(20)23-13-15-7-3-2-6-14(15)12-19/h2-9H,10-11,13H2,1H3. The van der Waals surface area contributed by atoms with E-state index in [0.29, 0.717) is 22.6 Å². The molecule has 118 valence electrons. The van der Waals surface area contributed by atoms with Crippen LogP contribution in [0.5, 0.6) is 11.5 Å². The summed E-state index contributed by atoms with van der Waals surface area (Å²) in [6, 6.07) is 16.3. The zero-order valence-electron chi connectivity index (χ0n) is 12.8. The van der Waals surface area contributed by atoms with Crippen LogP contribution in [0.4, 0.5) is 0 Å². The maximum absolute atomic E-state index is 11.7. The molecule has 2 aromatic carbocycles. The number of hydrogen-bond acceptors (Lipinski definition) is 5. The smallest absolute Gasteiger partial charge is 0.309 e. The number of carbonyl (C=O) groups excluding carboxylic acids is 1. The Morgan fingerprint density at radius 1 is 1.09 bits per heavy atom. The predicted molar refractivity (Wildman–Crippen MR) is 84.1 cm³/mol. The molecule has 5 heteroatoms. The van der Waals surface area contributed by atoms with Crippen LogP contribution in [0, 0.1) is 11.3 Å². The minimum atomic E-state index is -0.382. The van der Waals surface area contributed by atoms with Crippen molar-refractivity contribution in [1.82, 2.24) is 0 Å². The number of nitriles is 1. The quantitative estimate of drug-likeness (QED) is 0.735. The van der Waals surface area contributed by atoms with Gasteiger partial charge in [-0.25, -0.2) is 0 Å². The van der Waals surface area contributed by atoms with E-state index >= 15 is 0 Å². The van der Waals surface area contributed by atoms with Gasteiger partial charge in [-0.15, -0.1) is 0 Å². The Balaban J connectivity index is 1.78. The molecule has 0 saturated carbocycles. The van der Waals surface area contributed by atoms with E-state index in [0.717, 1.165) is 0 Å². The second kappa shape index (κ2) is 8.44. The molecule has 0 amide bonds. The van der Waals surface area contributed by atoms with E-state index in [1.54, 1.807) is 43.5 Å². The number of hydrogen-bond donors (Lipinski definition) is 0. The van der Waals surface area contributed by atoms with Crippen LogP contribution in [0.3, 0.4) is 0 Å². The first-order valence-electron chi connectivity index (χ1n) is 7.14. The summed E-state index contributed by atoms with van der Waals surface area (Å²) in [5.74, 6) is 0.814. The molecule has 0 bridgehead atoms. The lowest BCUT2D eigenvalue weighted by Gasteiger charge is -2.10. The van der Waals surface area contributed by atoms with Crippen LogP contribution in [-0.2, 0) is 16.1 Å². The van der Waals surface area contributed by atoms with Gasteiger partial charge in [0, 0.05) is 5.56 Å². The van der Waals surface area contributed by atoms with Gasteiger partial charge >= 0.3 is 5.97 Å². The SMILES string of the molecule is COc1ccccc1OCCC(=O)OCc1ccccc1C#N. The fourth-order valence-electron chi connectivity index (χ4n) is 1.97. The van der Waals surface area contributed by atoms with Gasteiger partial charge < -0.3 is 14.2 Å². The molecule has 0 aliphatic carbocycles. The molecular weight excluding hydrogens is 294 g/mol. The lowest BCUT2D eigenvalue weighted by Crippen LogP contribution is -2.10. The molecular formula is C18H17NO4. The molecule has 0 aliphatic heterocycles. The van der Waals surface area contributed by atoms with Crippen LogP contribution in [0.1, 0.15) is 17.5 Å². The largest absolute Gasteiger partial charge is 0.493 e. The molecule has 0 spiro atoms. The van der Waals surface area contributed by atoms with E-state index in [-0.39, 0.29) is 25.6 Å². The second-order valence-electron chi connectivity index (χ2n) is 4.68. The van der Waals surface area contributed by atoms with Crippen molar-refractivity contribution < 1.29 is 19.0 Å². The predicted octanol–water partition coefficient (Wildman–Crippen LogP) is 3.08. The van der Waals surface area contributed by atoms with Crippen LogP contribution in [0.2, 0.25) is 0 Å². The number of rotatable bonds is 7. The number of esters is 1. The number of para-hydroxylation sites is 2. The van der Waals surface area contributed by atoms with Crippen LogP contribution in [0.25, 0.3) is 0 Å². The molecule has 2 aromatic rings. The first-order valence-corrected chi connectivity index (χ1v) is 7.14. The normalized spacial score (nSPS) is 9.74. The zero-order valence-corrected chi connectivity index (χ0v) is 12.8. The van der Waals surface area contributed by atoms with Crippen molar-refractivity contribution in [3.05, 3.63) is 59.7 Å². The first kappa shape index (κ1) is 16.4. The summed E-state index contributed by atoms with van der Waals surface area (Å²) in [6.07, 6.45) is 0.118. The van der Waals surface area contributed by atoms with E-state index in [4.69, 9.17) is 19.5 Å². The highest BCUT2D eigenvalue weighted by atomic mass is 16.5. The summed E-state index contributed by atoms with van der Waals surface area (Å²) >= 11 is 0. The third-order valence-corrected chi connectivity index (χ3v) is 3.16. The van der Waals surface area contributed by atoms with Crippen molar-refractivity contribution in [2.24, 2.45) is 0 Å². The van der Waals surface area contributed by atoms with Gasteiger partial charge in [0.05, 0.1) is 31.8 Å². The van der Waals surface area contributed by atoms with Crippen LogP contribution < -0.4 is 9.47 Å². The minimum Gasteiger partial charge on any atom is -0.493 e. The van der Waals surface area contributed by atoms with E-state index in [2.05, 4.69) is 6.07 Å². The maximum atomic E-state index is 11.7. The van der Waals surface area contributed by atoms with Crippen LogP contribution in [-0.4, -0.2) is 19.7 Å². The van der Waals surface area contributed by atoms with Gasteiger partial charge in [0.25, 0.3) is 0 Å². The lowest BCUT2D eigenvalue weighted by molar-refractivity contribution is -0.145. The molecule has 0 unspecified atom stereocenters. The fraction of sp³-hybridized carbons (Fsp3) is 0.222. The van der Waals surface area contributed by atoms with Crippen LogP contribution >= 0.6 is 0 Å². The highest BCUT2D eigenvalue weighted by Gasteiger charge is 2.08. The minimum absolute atomic E-state index is 0.0806. The van der Waals surface area contributed by atoms with Gasteiger partial charge in [-0.1, -0.05) is 30.3 Å². The van der Waals surface area contributed by atoms with E-state index in [9.17, 15) is 4.79 Å². The molecule has 0 fully saturated rings. The summed E-state index contributed by atoms with van der Waals surface area (Å²) in [6.45, 7) is 0.274. The van der Waals surface area contributed by atoms with E-state index in [1.165, 1.54) is 0 Å². The van der Waals surface area contributed by atoms with Gasteiger partial charge in [-0.3, -0.25) is 4.79 Å². The number of carbonyl (C=O) groups is 1. The third kappa shape index (κ3) is 4.75. The summed E-state index contributed by atoms with van der Waals surface area (Å²) in [7, 11) is 1.56. The van der Waals surface area contributed by atoms with Crippen molar-refractivity contribution in [3.8, 4) is 17.6 Å². The van der Waals surface area contributed by atoms with Gasteiger partial charge in [-0.2, -0.15) is 5.26 Å².